The van der Waals surface area contributed by atoms with Crippen molar-refractivity contribution < 1.29 is 0 Å². The van der Waals surface area contributed by atoms with Crippen LogP contribution in [-0.2, 0) is 6.42 Å². The van der Waals surface area contributed by atoms with Gasteiger partial charge >= 0.3 is 0 Å². The average Bonchev–Trinajstić information content (AvgIpc) is 2.96. The Morgan fingerprint density at radius 1 is 1.27 bits per heavy atom. The van der Waals surface area contributed by atoms with Crippen LogP contribution in [0.4, 0.5) is 0 Å². The molecule has 1 aliphatic heterocycles. The van der Waals surface area contributed by atoms with Gasteiger partial charge in [0.25, 0.3) is 0 Å². The highest BCUT2D eigenvalue weighted by Gasteiger charge is 2.55. The molecule has 142 valence electrons. The third kappa shape index (κ3) is 3.36. The van der Waals surface area contributed by atoms with E-state index >= 15 is 0 Å². The highest BCUT2D eigenvalue weighted by molar-refractivity contribution is 5.80. The van der Waals surface area contributed by atoms with Crippen molar-refractivity contribution in [3.63, 3.8) is 0 Å². The highest BCUT2D eigenvalue weighted by Crippen LogP contribution is 2.61. The summed E-state index contributed by atoms with van der Waals surface area (Å²) in [6.45, 7) is 13.2. The Balaban J connectivity index is 1.36. The van der Waals surface area contributed by atoms with E-state index in [0.717, 1.165) is 43.3 Å². The van der Waals surface area contributed by atoms with Crippen LogP contribution in [0, 0.1) is 17.8 Å². The number of nitrogens with one attached hydrogen (secondary N) is 2. The lowest BCUT2D eigenvalue weighted by molar-refractivity contribution is 0.265. The zero-order valence-corrected chi connectivity index (χ0v) is 16.7. The van der Waals surface area contributed by atoms with Crippen LogP contribution >= 0.6 is 0 Å². The van der Waals surface area contributed by atoms with Crippen molar-refractivity contribution in [2.45, 2.75) is 52.1 Å². The molecule has 4 nitrogen and oxygen atoms in total. The van der Waals surface area contributed by atoms with Gasteiger partial charge in [0.05, 0.1) is 0 Å². The minimum Gasteiger partial charge on any atom is -0.357 e. The quantitative estimate of drug-likeness (QED) is 0.631. The smallest absolute Gasteiger partial charge is 0.191 e. The highest BCUT2D eigenvalue weighted by atomic mass is 15.3. The number of guanidine groups is 1. The molecule has 1 heterocycles. The Kier molecular flexibility index (Phi) is 4.96. The van der Waals surface area contributed by atoms with Crippen LogP contribution in [0.5, 0.6) is 0 Å². The van der Waals surface area contributed by atoms with Gasteiger partial charge in [0.2, 0.25) is 0 Å². The van der Waals surface area contributed by atoms with E-state index in [1.807, 2.05) is 0 Å². The predicted molar refractivity (Wildman–Crippen MR) is 109 cm³/mol. The van der Waals surface area contributed by atoms with Crippen LogP contribution in [-0.4, -0.2) is 49.1 Å². The largest absolute Gasteiger partial charge is 0.357 e. The molecule has 1 aromatic carbocycles. The summed E-state index contributed by atoms with van der Waals surface area (Å²) < 4.78 is 0. The van der Waals surface area contributed by atoms with Crippen molar-refractivity contribution in [1.29, 1.82) is 0 Å². The Bertz CT molecular complexity index is 668. The Morgan fingerprint density at radius 3 is 2.81 bits per heavy atom. The maximum Gasteiger partial charge on any atom is 0.191 e. The fraction of sp³-hybridized carbons (Fsp3) is 0.682. The van der Waals surface area contributed by atoms with Gasteiger partial charge in [-0.05, 0) is 62.0 Å². The fourth-order valence-electron chi connectivity index (χ4n) is 5.04. The molecule has 2 N–H and O–H groups in total. The van der Waals surface area contributed by atoms with Crippen LogP contribution in [0.25, 0.3) is 0 Å². The molecular weight excluding hydrogens is 320 g/mol. The molecule has 2 fully saturated rings. The van der Waals surface area contributed by atoms with E-state index < -0.39 is 0 Å². The molecule has 5 unspecified atom stereocenters. The SMILES string of the molecule is CCNC(=NCC1C2Cc3ccccc3C12)NC1CN(C(C)C)CC1C. The van der Waals surface area contributed by atoms with Crippen molar-refractivity contribution >= 4 is 5.96 Å². The van der Waals surface area contributed by atoms with Gasteiger partial charge in [-0.1, -0.05) is 31.2 Å². The van der Waals surface area contributed by atoms with Crippen LogP contribution in [0.3, 0.4) is 0 Å². The van der Waals surface area contributed by atoms with Crippen molar-refractivity contribution in [1.82, 2.24) is 15.5 Å². The lowest BCUT2D eigenvalue weighted by atomic mass is 10.0. The van der Waals surface area contributed by atoms with E-state index in [1.54, 1.807) is 11.1 Å². The Labute approximate surface area is 158 Å². The molecule has 5 atom stereocenters. The molecule has 4 heteroatoms. The number of hydrogen-bond acceptors (Lipinski definition) is 2. The Morgan fingerprint density at radius 2 is 2.08 bits per heavy atom. The normalized spacial score (nSPS) is 33.3. The molecular formula is C22H34N4. The molecule has 0 spiro atoms. The number of benzene rings is 1. The monoisotopic (exact) mass is 354 g/mol. The predicted octanol–water partition coefficient (Wildman–Crippen LogP) is 2.86. The maximum absolute atomic E-state index is 4.97. The van der Waals surface area contributed by atoms with E-state index in [1.165, 1.54) is 13.0 Å². The lowest BCUT2D eigenvalue weighted by Crippen LogP contribution is -2.47. The van der Waals surface area contributed by atoms with Gasteiger partial charge in [-0.25, -0.2) is 0 Å². The molecule has 1 aromatic rings. The molecule has 4 rings (SSSR count). The van der Waals surface area contributed by atoms with Gasteiger partial charge < -0.3 is 10.6 Å². The summed E-state index contributed by atoms with van der Waals surface area (Å²) in [7, 11) is 0. The van der Waals surface area contributed by atoms with Gasteiger partial charge in [0, 0.05) is 38.3 Å². The number of nitrogens with zero attached hydrogens (tertiary/aromatic N) is 2. The number of aliphatic imine (C=N–C) groups is 1. The lowest BCUT2D eigenvalue weighted by Gasteiger charge is -2.22. The summed E-state index contributed by atoms with van der Waals surface area (Å²) in [6.07, 6.45) is 1.26. The number of hydrogen-bond donors (Lipinski definition) is 2. The first-order chi connectivity index (χ1) is 12.6. The van der Waals surface area contributed by atoms with Gasteiger partial charge in [-0.3, -0.25) is 9.89 Å². The Hall–Kier alpha value is -1.55. The third-order valence-corrected chi connectivity index (χ3v) is 6.70. The average molecular weight is 355 g/mol. The fourth-order valence-corrected chi connectivity index (χ4v) is 5.04. The van der Waals surface area contributed by atoms with Crippen molar-refractivity contribution in [2.75, 3.05) is 26.2 Å². The summed E-state index contributed by atoms with van der Waals surface area (Å²) in [5, 5.41) is 7.18. The maximum atomic E-state index is 4.97. The standard InChI is InChI=1S/C22H34N4/c1-5-23-22(25-20-13-26(14(2)3)12-15(20)4)24-11-19-18-10-16-8-6-7-9-17(16)21(18)19/h6-9,14-15,18-21H,5,10-13H2,1-4H3,(H2,23,24,25). The zero-order valence-electron chi connectivity index (χ0n) is 16.7. The molecule has 1 saturated heterocycles. The molecule has 0 aromatic heterocycles. The second-order valence-corrected chi connectivity index (χ2v) is 8.75. The second kappa shape index (κ2) is 7.22. The number of likely N-dealkylation sites (tertiary alicyclic amines) is 1. The topological polar surface area (TPSA) is 39.7 Å². The summed E-state index contributed by atoms with van der Waals surface area (Å²) in [5.74, 6) is 4.01. The summed E-state index contributed by atoms with van der Waals surface area (Å²) in [4.78, 5) is 7.54. The molecule has 26 heavy (non-hydrogen) atoms. The first-order valence-corrected chi connectivity index (χ1v) is 10.4. The first kappa shape index (κ1) is 17.8. The molecule has 0 radical (unpaired) electrons. The van der Waals surface area contributed by atoms with E-state index in [9.17, 15) is 0 Å². The van der Waals surface area contributed by atoms with Gasteiger partial charge in [0.15, 0.2) is 5.96 Å². The van der Waals surface area contributed by atoms with E-state index in [4.69, 9.17) is 4.99 Å². The number of fused-ring (bicyclic) bond motifs is 3. The third-order valence-electron chi connectivity index (χ3n) is 6.70. The van der Waals surface area contributed by atoms with Crippen LogP contribution in [0.15, 0.2) is 29.3 Å². The molecule has 1 saturated carbocycles. The first-order valence-electron chi connectivity index (χ1n) is 10.4. The van der Waals surface area contributed by atoms with Crippen molar-refractivity contribution in [3.05, 3.63) is 35.4 Å². The molecule has 0 amide bonds. The minimum atomic E-state index is 0.495. The molecule has 0 bridgehead atoms. The second-order valence-electron chi connectivity index (χ2n) is 8.75. The van der Waals surface area contributed by atoms with Crippen LogP contribution < -0.4 is 10.6 Å². The van der Waals surface area contributed by atoms with E-state index in [0.29, 0.717) is 18.0 Å². The van der Waals surface area contributed by atoms with Crippen molar-refractivity contribution in [3.8, 4) is 0 Å². The molecule has 2 aliphatic carbocycles. The summed E-state index contributed by atoms with van der Waals surface area (Å²) in [5.41, 5.74) is 3.16. The van der Waals surface area contributed by atoms with Gasteiger partial charge in [-0.15, -0.1) is 0 Å². The van der Waals surface area contributed by atoms with Crippen LogP contribution in [0.2, 0.25) is 0 Å². The zero-order chi connectivity index (χ0) is 18.3. The number of rotatable bonds is 5. The van der Waals surface area contributed by atoms with Crippen molar-refractivity contribution in [2.24, 2.45) is 22.7 Å². The summed E-state index contributed by atoms with van der Waals surface area (Å²) in [6, 6.07) is 10.1. The van der Waals surface area contributed by atoms with Gasteiger partial charge in [0.1, 0.15) is 0 Å². The minimum absolute atomic E-state index is 0.495. The van der Waals surface area contributed by atoms with E-state index in [2.05, 4.69) is 67.5 Å². The summed E-state index contributed by atoms with van der Waals surface area (Å²) >= 11 is 0. The van der Waals surface area contributed by atoms with E-state index in [-0.39, 0.29) is 0 Å². The van der Waals surface area contributed by atoms with Crippen LogP contribution in [0.1, 0.15) is 44.7 Å². The van der Waals surface area contributed by atoms with Gasteiger partial charge in [-0.2, -0.15) is 0 Å². The molecule has 3 aliphatic rings.